The van der Waals surface area contributed by atoms with Gasteiger partial charge in [0, 0.05) is 6.42 Å². The zero-order valence-electron chi connectivity index (χ0n) is 8.27. The number of hydrogen-bond donors (Lipinski definition) is 3. The number of aromatic nitrogens is 2. The molecule has 16 heavy (non-hydrogen) atoms. The van der Waals surface area contributed by atoms with E-state index in [0.717, 1.165) is 0 Å². The van der Waals surface area contributed by atoms with Crippen LogP contribution in [0.25, 0.3) is 11.0 Å². The molecule has 1 atom stereocenters. The van der Waals surface area contributed by atoms with E-state index in [9.17, 15) is 9.18 Å². The number of carboxylic acid groups (broad SMARTS) is 1. The van der Waals surface area contributed by atoms with Crippen LogP contribution in [0.1, 0.15) is 5.82 Å². The number of nitrogens with zero attached hydrogens (tertiary/aromatic N) is 1. The van der Waals surface area contributed by atoms with Crippen LogP contribution >= 0.6 is 0 Å². The van der Waals surface area contributed by atoms with Crippen LogP contribution < -0.4 is 5.73 Å². The van der Waals surface area contributed by atoms with E-state index in [2.05, 4.69) is 9.97 Å². The van der Waals surface area contributed by atoms with Gasteiger partial charge in [-0.2, -0.15) is 0 Å². The zero-order valence-corrected chi connectivity index (χ0v) is 8.27. The van der Waals surface area contributed by atoms with Crippen molar-refractivity contribution in [1.82, 2.24) is 9.97 Å². The second kappa shape index (κ2) is 3.90. The number of halogens is 1. The van der Waals surface area contributed by atoms with Crippen molar-refractivity contribution in [3.8, 4) is 0 Å². The standard InChI is InChI=1S/C10H10FN3O2/c11-5-1-2-7-8(3-5)14-9(13-7)4-6(12)10(15)16/h1-3,6H,4,12H2,(H,13,14)(H,15,16)/t6-/m1/s1. The number of nitrogens with two attached hydrogens (primary N) is 1. The number of carboxylic acids is 1. The van der Waals surface area contributed by atoms with Crippen LogP contribution in [0.2, 0.25) is 0 Å². The Bertz CT molecular complexity index is 538. The first-order chi connectivity index (χ1) is 7.56. The molecule has 0 unspecified atom stereocenters. The van der Waals surface area contributed by atoms with E-state index in [0.29, 0.717) is 16.9 Å². The molecule has 0 aliphatic carbocycles. The van der Waals surface area contributed by atoms with Gasteiger partial charge in [-0.3, -0.25) is 4.79 Å². The first kappa shape index (κ1) is 10.6. The van der Waals surface area contributed by atoms with Gasteiger partial charge in [0.1, 0.15) is 17.7 Å². The van der Waals surface area contributed by atoms with Gasteiger partial charge in [-0.15, -0.1) is 0 Å². The predicted molar refractivity (Wildman–Crippen MR) is 55.4 cm³/mol. The Morgan fingerprint density at radius 2 is 2.38 bits per heavy atom. The van der Waals surface area contributed by atoms with Crippen LogP contribution in [0.15, 0.2) is 18.2 Å². The average Bonchev–Trinajstić information content (AvgIpc) is 2.58. The number of imidazole rings is 1. The largest absolute Gasteiger partial charge is 0.480 e. The number of aliphatic carboxylic acids is 1. The summed E-state index contributed by atoms with van der Waals surface area (Å²) in [5.74, 6) is -1.02. The summed E-state index contributed by atoms with van der Waals surface area (Å²) in [5.41, 5.74) is 6.49. The van der Waals surface area contributed by atoms with Crippen LogP contribution in [-0.2, 0) is 11.2 Å². The summed E-state index contributed by atoms with van der Waals surface area (Å²) in [6.07, 6.45) is 0.0889. The summed E-state index contributed by atoms with van der Waals surface area (Å²) in [6, 6.07) is 3.12. The molecule has 1 aromatic carbocycles. The molecule has 0 saturated carbocycles. The summed E-state index contributed by atoms with van der Waals surface area (Å²) in [7, 11) is 0. The first-order valence-corrected chi connectivity index (χ1v) is 4.69. The van der Waals surface area contributed by atoms with Crippen molar-refractivity contribution in [3.05, 3.63) is 29.8 Å². The summed E-state index contributed by atoms with van der Waals surface area (Å²) < 4.78 is 12.9. The summed E-state index contributed by atoms with van der Waals surface area (Å²) in [6.45, 7) is 0. The van der Waals surface area contributed by atoms with Crippen LogP contribution in [0, 0.1) is 5.82 Å². The maximum atomic E-state index is 12.9. The van der Waals surface area contributed by atoms with E-state index in [-0.39, 0.29) is 12.2 Å². The fraction of sp³-hybridized carbons (Fsp3) is 0.200. The van der Waals surface area contributed by atoms with E-state index in [1.807, 2.05) is 0 Å². The molecule has 0 amide bonds. The lowest BCUT2D eigenvalue weighted by Crippen LogP contribution is -2.32. The third-order valence-electron chi connectivity index (χ3n) is 2.22. The fourth-order valence-electron chi connectivity index (χ4n) is 1.43. The molecule has 0 aliphatic heterocycles. The number of hydrogen-bond acceptors (Lipinski definition) is 3. The Kier molecular flexibility index (Phi) is 2.57. The summed E-state index contributed by atoms with van der Waals surface area (Å²) in [4.78, 5) is 17.5. The molecule has 84 valence electrons. The van der Waals surface area contributed by atoms with Gasteiger partial charge in [-0.25, -0.2) is 9.37 Å². The summed E-state index contributed by atoms with van der Waals surface area (Å²) >= 11 is 0. The zero-order chi connectivity index (χ0) is 11.7. The Labute approximate surface area is 90.1 Å². The highest BCUT2D eigenvalue weighted by atomic mass is 19.1. The van der Waals surface area contributed by atoms with Crippen LogP contribution in [0.4, 0.5) is 4.39 Å². The second-order valence-electron chi connectivity index (χ2n) is 3.49. The topological polar surface area (TPSA) is 92.0 Å². The molecule has 0 bridgehead atoms. The lowest BCUT2D eigenvalue weighted by Gasteiger charge is -2.01. The number of benzene rings is 1. The Morgan fingerprint density at radius 1 is 1.62 bits per heavy atom. The van der Waals surface area contributed by atoms with Crippen molar-refractivity contribution in [2.24, 2.45) is 5.73 Å². The number of aromatic amines is 1. The molecule has 0 aliphatic rings. The lowest BCUT2D eigenvalue weighted by molar-refractivity contribution is -0.138. The van der Waals surface area contributed by atoms with E-state index in [1.165, 1.54) is 18.2 Å². The molecule has 6 heteroatoms. The number of fused-ring (bicyclic) bond motifs is 1. The van der Waals surface area contributed by atoms with Gasteiger partial charge >= 0.3 is 5.97 Å². The molecule has 0 radical (unpaired) electrons. The van der Waals surface area contributed by atoms with Crippen molar-refractivity contribution >= 4 is 17.0 Å². The SMILES string of the molecule is N[C@H](Cc1nc2ccc(F)cc2[nH]1)C(=O)O. The minimum Gasteiger partial charge on any atom is -0.480 e. The van der Waals surface area contributed by atoms with Gasteiger partial charge in [-0.05, 0) is 18.2 Å². The number of nitrogens with one attached hydrogen (secondary N) is 1. The molecule has 4 N–H and O–H groups in total. The second-order valence-corrected chi connectivity index (χ2v) is 3.49. The highest BCUT2D eigenvalue weighted by molar-refractivity contribution is 5.76. The van der Waals surface area contributed by atoms with Crippen LogP contribution in [0.5, 0.6) is 0 Å². The van der Waals surface area contributed by atoms with Crippen LogP contribution in [-0.4, -0.2) is 27.1 Å². The highest BCUT2D eigenvalue weighted by Crippen LogP contribution is 2.13. The molecule has 2 aromatic rings. The molecule has 1 heterocycles. The quantitative estimate of drug-likeness (QED) is 0.712. The highest BCUT2D eigenvalue weighted by Gasteiger charge is 2.14. The van der Waals surface area contributed by atoms with E-state index >= 15 is 0 Å². The van der Waals surface area contributed by atoms with E-state index < -0.39 is 12.0 Å². The van der Waals surface area contributed by atoms with E-state index in [4.69, 9.17) is 10.8 Å². The van der Waals surface area contributed by atoms with Crippen LogP contribution in [0.3, 0.4) is 0 Å². The molecule has 1 aromatic heterocycles. The van der Waals surface area contributed by atoms with Gasteiger partial charge in [0.2, 0.25) is 0 Å². The number of rotatable bonds is 3. The molecular formula is C10H10FN3O2. The smallest absolute Gasteiger partial charge is 0.320 e. The third kappa shape index (κ3) is 2.01. The van der Waals surface area contributed by atoms with Gasteiger partial charge < -0.3 is 15.8 Å². The van der Waals surface area contributed by atoms with Gasteiger partial charge in [-0.1, -0.05) is 0 Å². The van der Waals surface area contributed by atoms with Crippen molar-refractivity contribution in [2.45, 2.75) is 12.5 Å². The average molecular weight is 223 g/mol. The van der Waals surface area contributed by atoms with Gasteiger partial charge in [0.25, 0.3) is 0 Å². The lowest BCUT2D eigenvalue weighted by atomic mass is 10.2. The fourth-order valence-corrected chi connectivity index (χ4v) is 1.43. The Morgan fingerprint density at radius 3 is 3.06 bits per heavy atom. The number of H-pyrrole nitrogens is 1. The molecule has 5 nitrogen and oxygen atoms in total. The normalized spacial score (nSPS) is 12.9. The van der Waals surface area contributed by atoms with Crippen molar-refractivity contribution < 1.29 is 14.3 Å². The summed E-state index contributed by atoms with van der Waals surface area (Å²) in [5, 5.41) is 8.64. The van der Waals surface area contributed by atoms with E-state index in [1.54, 1.807) is 0 Å². The molecule has 0 spiro atoms. The third-order valence-corrected chi connectivity index (χ3v) is 2.22. The Balaban J connectivity index is 2.29. The predicted octanol–water partition coefficient (Wildman–Crippen LogP) is 0.656. The first-order valence-electron chi connectivity index (χ1n) is 4.69. The van der Waals surface area contributed by atoms with Crippen molar-refractivity contribution in [2.75, 3.05) is 0 Å². The molecule has 0 saturated heterocycles. The monoisotopic (exact) mass is 223 g/mol. The minimum atomic E-state index is -1.09. The molecule has 0 fully saturated rings. The number of carbonyl (C=O) groups is 1. The van der Waals surface area contributed by atoms with Crippen molar-refractivity contribution in [1.29, 1.82) is 0 Å². The minimum absolute atomic E-state index is 0.0889. The molecule has 2 rings (SSSR count). The maximum Gasteiger partial charge on any atom is 0.320 e. The van der Waals surface area contributed by atoms with Crippen molar-refractivity contribution in [3.63, 3.8) is 0 Å². The van der Waals surface area contributed by atoms with Gasteiger partial charge in [0.15, 0.2) is 0 Å². The Hall–Kier alpha value is -1.95. The maximum absolute atomic E-state index is 12.9. The van der Waals surface area contributed by atoms with Gasteiger partial charge in [0.05, 0.1) is 11.0 Å². The molecular weight excluding hydrogens is 213 g/mol.